The number of rotatable bonds is 2. The van der Waals surface area contributed by atoms with E-state index in [9.17, 15) is 10.1 Å². The van der Waals surface area contributed by atoms with Gasteiger partial charge in [0.05, 0.1) is 22.2 Å². The molecule has 2 rings (SSSR count). The van der Waals surface area contributed by atoms with Crippen molar-refractivity contribution >= 4 is 22.7 Å². The normalized spacial score (nSPS) is 10.3. The van der Waals surface area contributed by atoms with Crippen LogP contribution in [0.25, 0.3) is 17.0 Å². The fourth-order valence-corrected chi connectivity index (χ4v) is 1.32. The van der Waals surface area contributed by atoms with Crippen LogP contribution >= 0.6 is 0 Å². The van der Waals surface area contributed by atoms with Crippen LogP contribution in [0.5, 0.6) is 0 Å². The van der Waals surface area contributed by atoms with E-state index in [2.05, 4.69) is 16.8 Å². The topological polar surface area (TPSA) is 71.8 Å². The van der Waals surface area contributed by atoms with Gasteiger partial charge in [-0.25, -0.2) is 0 Å². The molecule has 0 radical (unpaired) electrons. The van der Waals surface area contributed by atoms with Crippen molar-refractivity contribution < 1.29 is 4.92 Å². The van der Waals surface area contributed by atoms with E-state index in [0.29, 0.717) is 11.1 Å². The number of aromatic amines is 1. The van der Waals surface area contributed by atoms with Crippen LogP contribution in [0.3, 0.4) is 0 Å². The van der Waals surface area contributed by atoms with Gasteiger partial charge in [-0.1, -0.05) is 12.7 Å². The molecule has 0 bridgehead atoms. The van der Waals surface area contributed by atoms with E-state index in [1.165, 1.54) is 12.1 Å². The van der Waals surface area contributed by atoms with Crippen molar-refractivity contribution in [1.82, 2.24) is 10.2 Å². The molecule has 1 N–H and O–H groups in total. The molecule has 0 fully saturated rings. The van der Waals surface area contributed by atoms with E-state index in [0.717, 1.165) is 5.39 Å². The van der Waals surface area contributed by atoms with Gasteiger partial charge in [0.2, 0.25) is 0 Å². The average molecular weight is 189 g/mol. The van der Waals surface area contributed by atoms with Crippen LogP contribution in [0.4, 0.5) is 5.69 Å². The number of H-pyrrole nitrogens is 1. The molecule has 70 valence electrons. The summed E-state index contributed by atoms with van der Waals surface area (Å²) in [5.74, 6) is 0. The van der Waals surface area contributed by atoms with Gasteiger partial charge in [0, 0.05) is 11.5 Å². The number of hydrogen-bond acceptors (Lipinski definition) is 3. The fourth-order valence-electron chi connectivity index (χ4n) is 1.32. The Balaban J connectivity index is 2.78. The molecule has 2 aromatic rings. The van der Waals surface area contributed by atoms with Crippen LogP contribution in [-0.4, -0.2) is 15.1 Å². The third kappa shape index (κ3) is 1.15. The van der Waals surface area contributed by atoms with Gasteiger partial charge < -0.3 is 0 Å². The second-order valence-electron chi connectivity index (χ2n) is 2.83. The second-order valence-corrected chi connectivity index (χ2v) is 2.83. The Morgan fingerprint density at radius 2 is 2.36 bits per heavy atom. The third-order valence-corrected chi connectivity index (χ3v) is 2.00. The Kier molecular flexibility index (Phi) is 1.78. The van der Waals surface area contributed by atoms with Crippen molar-refractivity contribution in [2.75, 3.05) is 0 Å². The molecular weight excluding hydrogens is 182 g/mol. The lowest BCUT2D eigenvalue weighted by Gasteiger charge is -1.96. The molecule has 0 saturated heterocycles. The molecule has 0 atom stereocenters. The van der Waals surface area contributed by atoms with Crippen molar-refractivity contribution in [2.45, 2.75) is 0 Å². The van der Waals surface area contributed by atoms with Gasteiger partial charge in [-0.2, -0.15) is 5.10 Å². The number of nitro benzene ring substituents is 1. The summed E-state index contributed by atoms with van der Waals surface area (Å²) in [4.78, 5) is 10.2. The monoisotopic (exact) mass is 189 g/mol. The van der Waals surface area contributed by atoms with Gasteiger partial charge in [0.15, 0.2) is 0 Å². The number of nitrogens with one attached hydrogen (secondary N) is 1. The lowest BCUT2D eigenvalue weighted by atomic mass is 10.1. The minimum Gasteiger partial charge on any atom is -0.278 e. The first kappa shape index (κ1) is 8.43. The van der Waals surface area contributed by atoms with Gasteiger partial charge in [-0.3, -0.25) is 15.2 Å². The molecule has 0 unspecified atom stereocenters. The van der Waals surface area contributed by atoms with E-state index in [1.54, 1.807) is 12.3 Å². The first-order chi connectivity index (χ1) is 6.72. The lowest BCUT2D eigenvalue weighted by molar-refractivity contribution is -0.384. The van der Waals surface area contributed by atoms with Crippen molar-refractivity contribution in [3.63, 3.8) is 0 Å². The maximum absolute atomic E-state index is 10.7. The number of benzene rings is 1. The first-order valence-electron chi connectivity index (χ1n) is 3.96. The van der Waals surface area contributed by atoms with E-state index < -0.39 is 4.92 Å². The van der Waals surface area contributed by atoms with Crippen molar-refractivity contribution in [2.24, 2.45) is 0 Å². The fraction of sp³-hybridized carbons (Fsp3) is 0. The highest BCUT2D eigenvalue weighted by molar-refractivity contribution is 5.84. The Hall–Kier alpha value is -2.17. The standard InChI is InChI=1S/C9H7N3O2/c1-2-6-3-7-5-10-11-8(7)4-9(6)12(13)14/h2-5H,1H2,(H,10,11). The highest BCUT2D eigenvalue weighted by atomic mass is 16.6. The van der Waals surface area contributed by atoms with E-state index in [1.807, 2.05) is 0 Å². The molecule has 0 aliphatic heterocycles. The van der Waals surface area contributed by atoms with Crippen LogP contribution in [0, 0.1) is 10.1 Å². The molecule has 0 aliphatic carbocycles. The van der Waals surface area contributed by atoms with Crippen molar-refractivity contribution in [3.8, 4) is 0 Å². The summed E-state index contributed by atoms with van der Waals surface area (Å²) >= 11 is 0. The molecule has 0 saturated carbocycles. The molecule has 1 heterocycles. The number of nitro groups is 1. The average Bonchev–Trinajstić information content (AvgIpc) is 2.62. The Bertz CT molecular complexity index is 516. The zero-order chi connectivity index (χ0) is 10.1. The largest absolute Gasteiger partial charge is 0.278 e. The molecular formula is C9H7N3O2. The summed E-state index contributed by atoms with van der Waals surface area (Å²) in [6.07, 6.45) is 3.08. The SMILES string of the molecule is C=Cc1cc2cn[nH]c2cc1[N+](=O)[O-]. The third-order valence-electron chi connectivity index (χ3n) is 2.00. The van der Waals surface area contributed by atoms with E-state index in [-0.39, 0.29) is 5.69 Å². The molecule has 1 aromatic heterocycles. The number of aromatic nitrogens is 2. The van der Waals surface area contributed by atoms with Crippen molar-refractivity contribution in [3.05, 3.63) is 40.6 Å². The Labute approximate surface area is 79.2 Å². The predicted molar refractivity (Wildman–Crippen MR) is 52.8 cm³/mol. The lowest BCUT2D eigenvalue weighted by Crippen LogP contribution is -1.91. The summed E-state index contributed by atoms with van der Waals surface area (Å²) < 4.78 is 0. The summed E-state index contributed by atoms with van der Waals surface area (Å²) in [5.41, 5.74) is 1.20. The summed E-state index contributed by atoms with van der Waals surface area (Å²) in [5, 5.41) is 18.0. The summed E-state index contributed by atoms with van der Waals surface area (Å²) in [7, 11) is 0. The van der Waals surface area contributed by atoms with Gasteiger partial charge in [0.1, 0.15) is 0 Å². The first-order valence-corrected chi connectivity index (χ1v) is 3.96. The second kappa shape index (κ2) is 2.95. The van der Waals surface area contributed by atoms with Crippen LogP contribution in [-0.2, 0) is 0 Å². The van der Waals surface area contributed by atoms with Crippen LogP contribution in [0.15, 0.2) is 24.9 Å². The van der Waals surface area contributed by atoms with Gasteiger partial charge in [-0.05, 0) is 6.07 Å². The molecule has 5 heteroatoms. The molecule has 1 aromatic carbocycles. The highest BCUT2D eigenvalue weighted by Crippen LogP contribution is 2.25. The molecule has 0 amide bonds. The number of nitrogens with zero attached hydrogens (tertiary/aromatic N) is 2. The smallest absolute Gasteiger partial charge is 0.278 e. The highest BCUT2D eigenvalue weighted by Gasteiger charge is 2.13. The van der Waals surface area contributed by atoms with Gasteiger partial charge in [0.25, 0.3) is 5.69 Å². The zero-order valence-electron chi connectivity index (χ0n) is 7.23. The summed E-state index contributed by atoms with van der Waals surface area (Å²) in [6, 6.07) is 3.14. The van der Waals surface area contributed by atoms with Crippen molar-refractivity contribution in [1.29, 1.82) is 0 Å². The molecule has 5 nitrogen and oxygen atoms in total. The Morgan fingerprint density at radius 3 is 3.00 bits per heavy atom. The van der Waals surface area contributed by atoms with Gasteiger partial charge in [-0.15, -0.1) is 0 Å². The maximum Gasteiger partial charge on any atom is 0.278 e. The van der Waals surface area contributed by atoms with E-state index >= 15 is 0 Å². The number of fused-ring (bicyclic) bond motifs is 1. The minimum atomic E-state index is -0.433. The zero-order valence-corrected chi connectivity index (χ0v) is 7.23. The summed E-state index contributed by atoms with van der Waals surface area (Å²) in [6.45, 7) is 3.53. The van der Waals surface area contributed by atoms with Gasteiger partial charge >= 0.3 is 0 Å². The molecule has 0 spiro atoms. The minimum absolute atomic E-state index is 0.0387. The van der Waals surface area contributed by atoms with Crippen LogP contribution in [0.2, 0.25) is 0 Å². The predicted octanol–water partition coefficient (Wildman–Crippen LogP) is 2.11. The Morgan fingerprint density at radius 1 is 1.57 bits per heavy atom. The molecule has 0 aliphatic rings. The van der Waals surface area contributed by atoms with Crippen LogP contribution < -0.4 is 0 Å². The quantitative estimate of drug-likeness (QED) is 0.580. The van der Waals surface area contributed by atoms with E-state index in [4.69, 9.17) is 0 Å². The maximum atomic E-state index is 10.7. The number of hydrogen-bond donors (Lipinski definition) is 1. The molecule has 14 heavy (non-hydrogen) atoms. The van der Waals surface area contributed by atoms with Crippen LogP contribution in [0.1, 0.15) is 5.56 Å².